The van der Waals surface area contributed by atoms with Crippen LogP contribution in [0.25, 0.3) is 0 Å². The molecule has 2 nitrogen and oxygen atoms in total. The Labute approximate surface area is 126 Å². The van der Waals surface area contributed by atoms with Crippen LogP contribution < -0.4 is 5.32 Å². The number of ketones is 1. The van der Waals surface area contributed by atoms with E-state index in [1.807, 2.05) is 31.2 Å². The van der Waals surface area contributed by atoms with E-state index in [2.05, 4.69) is 29.6 Å². The molecule has 0 bridgehead atoms. The zero-order valence-electron chi connectivity index (χ0n) is 12.4. The summed E-state index contributed by atoms with van der Waals surface area (Å²) in [6, 6.07) is 17.1. The number of benzene rings is 2. The quantitative estimate of drug-likeness (QED) is 0.848. The summed E-state index contributed by atoms with van der Waals surface area (Å²) in [6.07, 6.45) is 3.94. The highest BCUT2D eigenvalue weighted by Crippen LogP contribution is 2.23. The van der Waals surface area contributed by atoms with Crippen molar-refractivity contribution in [1.29, 1.82) is 0 Å². The standard InChI is InChI=1S/C19H21NO/c1-2-19(21)15-8-10-17(11-9-15)20-18-12-7-14-5-3-4-6-16(14)13-18/h3-6,8-11,18,20H,2,7,12-13H2,1H3. The van der Waals surface area contributed by atoms with Gasteiger partial charge in [0.2, 0.25) is 0 Å². The predicted molar refractivity (Wildman–Crippen MR) is 86.9 cm³/mol. The van der Waals surface area contributed by atoms with Crippen molar-refractivity contribution in [3.05, 3.63) is 65.2 Å². The van der Waals surface area contributed by atoms with Crippen LogP contribution in [-0.4, -0.2) is 11.8 Å². The number of Topliss-reactive ketones (excluding diaryl/α,β-unsaturated/α-hetero) is 1. The van der Waals surface area contributed by atoms with Gasteiger partial charge >= 0.3 is 0 Å². The van der Waals surface area contributed by atoms with Crippen LogP contribution in [0.1, 0.15) is 41.3 Å². The third-order valence-electron chi connectivity index (χ3n) is 4.25. The maximum absolute atomic E-state index is 11.6. The molecule has 2 aromatic carbocycles. The van der Waals surface area contributed by atoms with Crippen LogP contribution in [0, 0.1) is 0 Å². The minimum Gasteiger partial charge on any atom is -0.382 e. The molecule has 2 heteroatoms. The second kappa shape index (κ2) is 6.13. The minimum atomic E-state index is 0.202. The van der Waals surface area contributed by atoms with E-state index in [1.165, 1.54) is 11.1 Å². The first-order chi connectivity index (χ1) is 10.3. The number of fused-ring (bicyclic) bond motifs is 1. The van der Waals surface area contributed by atoms with Crippen molar-refractivity contribution in [3.8, 4) is 0 Å². The molecule has 0 fully saturated rings. The summed E-state index contributed by atoms with van der Waals surface area (Å²) < 4.78 is 0. The first-order valence-corrected chi connectivity index (χ1v) is 7.73. The van der Waals surface area contributed by atoms with Crippen molar-refractivity contribution in [2.24, 2.45) is 0 Å². The molecule has 0 saturated carbocycles. The molecule has 0 aromatic heterocycles. The zero-order valence-corrected chi connectivity index (χ0v) is 12.4. The molecular formula is C19H21NO. The number of carbonyl (C=O) groups excluding carboxylic acids is 1. The fraction of sp³-hybridized carbons (Fsp3) is 0.316. The lowest BCUT2D eigenvalue weighted by Gasteiger charge is -2.26. The van der Waals surface area contributed by atoms with E-state index in [0.29, 0.717) is 12.5 Å². The largest absolute Gasteiger partial charge is 0.382 e. The molecule has 1 aliphatic rings. The van der Waals surface area contributed by atoms with E-state index in [1.54, 1.807) is 0 Å². The fourth-order valence-corrected chi connectivity index (χ4v) is 3.01. The van der Waals surface area contributed by atoms with E-state index in [4.69, 9.17) is 0 Å². The maximum atomic E-state index is 11.6. The molecule has 3 rings (SSSR count). The van der Waals surface area contributed by atoms with Gasteiger partial charge in [0, 0.05) is 23.7 Å². The number of carbonyl (C=O) groups is 1. The molecule has 1 aliphatic carbocycles. The van der Waals surface area contributed by atoms with Crippen molar-refractivity contribution >= 4 is 11.5 Å². The topological polar surface area (TPSA) is 29.1 Å². The Morgan fingerprint density at radius 2 is 1.81 bits per heavy atom. The third kappa shape index (κ3) is 3.15. The SMILES string of the molecule is CCC(=O)c1ccc(NC2CCc3ccccc3C2)cc1. The highest BCUT2D eigenvalue weighted by atomic mass is 16.1. The summed E-state index contributed by atoms with van der Waals surface area (Å²) in [5.74, 6) is 0.202. The van der Waals surface area contributed by atoms with Gasteiger partial charge in [-0.25, -0.2) is 0 Å². The van der Waals surface area contributed by atoms with Crippen molar-refractivity contribution in [3.63, 3.8) is 0 Å². The van der Waals surface area contributed by atoms with Crippen LogP contribution in [0.4, 0.5) is 5.69 Å². The van der Waals surface area contributed by atoms with Crippen LogP contribution in [0.2, 0.25) is 0 Å². The summed E-state index contributed by atoms with van der Waals surface area (Å²) in [7, 11) is 0. The smallest absolute Gasteiger partial charge is 0.162 e. The summed E-state index contributed by atoms with van der Waals surface area (Å²) in [6.45, 7) is 1.90. The Morgan fingerprint density at radius 3 is 2.52 bits per heavy atom. The van der Waals surface area contributed by atoms with E-state index < -0.39 is 0 Å². The maximum Gasteiger partial charge on any atom is 0.162 e. The molecule has 0 radical (unpaired) electrons. The number of hydrogen-bond donors (Lipinski definition) is 1. The molecule has 1 unspecified atom stereocenters. The monoisotopic (exact) mass is 279 g/mol. The molecule has 108 valence electrons. The molecule has 0 aliphatic heterocycles. The third-order valence-corrected chi connectivity index (χ3v) is 4.25. The van der Waals surface area contributed by atoms with Gasteiger partial charge in [-0.3, -0.25) is 4.79 Å². The Morgan fingerprint density at radius 1 is 1.10 bits per heavy atom. The van der Waals surface area contributed by atoms with E-state index in [-0.39, 0.29) is 5.78 Å². The highest BCUT2D eigenvalue weighted by molar-refractivity contribution is 5.96. The molecule has 0 heterocycles. The average molecular weight is 279 g/mol. The van der Waals surface area contributed by atoms with E-state index in [0.717, 1.165) is 30.5 Å². The Bertz CT molecular complexity index is 630. The first kappa shape index (κ1) is 13.9. The normalized spacial score (nSPS) is 17.1. The average Bonchev–Trinajstić information content (AvgIpc) is 2.55. The lowest BCUT2D eigenvalue weighted by Crippen LogP contribution is -2.27. The van der Waals surface area contributed by atoms with Crippen LogP contribution >= 0.6 is 0 Å². The molecule has 21 heavy (non-hydrogen) atoms. The van der Waals surface area contributed by atoms with Crippen LogP contribution in [-0.2, 0) is 12.8 Å². The van der Waals surface area contributed by atoms with Crippen LogP contribution in [0.5, 0.6) is 0 Å². The van der Waals surface area contributed by atoms with Crippen LogP contribution in [0.15, 0.2) is 48.5 Å². The van der Waals surface area contributed by atoms with Crippen molar-refractivity contribution in [1.82, 2.24) is 0 Å². The van der Waals surface area contributed by atoms with E-state index >= 15 is 0 Å². The molecule has 0 amide bonds. The van der Waals surface area contributed by atoms with Gasteiger partial charge < -0.3 is 5.32 Å². The van der Waals surface area contributed by atoms with Gasteiger partial charge in [-0.15, -0.1) is 0 Å². The number of aryl methyl sites for hydroxylation is 1. The van der Waals surface area contributed by atoms with Crippen molar-refractivity contribution in [2.45, 2.75) is 38.6 Å². The van der Waals surface area contributed by atoms with Gasteiger partial charge in [0.05, 0.1) is 0 Å². The molecule has 0 spiro atoms. The Balaban J connectivity index is 1.66. The number of rotatable bonds is 4. The Kier molecular flexibility index (Phi) is 4.05. The van der Waals surface area contributed by atoms with Gasteiger partial charge in [0.15, 0.2) is 5.78 Å². The first-order valence-electron chi connectivity index (χ1n) is 7.73. The number of anilines is 1. The molecule has 1 N–H and O–H groups in total. The van der Waals surface area contributed by atoms with E-state index in [9.17, 15) is 4.79 Å². The fourth-order valence-electron chi connectivity index (χ4n) is 3.01. The molecule has 2 aromatic rings. The predicted octanol–water partition coefficient (Wildman–Crippen LogP) is 4.25. The highest BCUT2D eigenvalue weighted by Gasteiger charge is 2.17. The summed E-state index contributed by atoms with van der Waals surface area (Å²) in [5.41, 5.74) is 4.85. The molecule has 1 atom stereocenters. The second-order valence-electron chi connectivity index (χ2n) is 5.71. The zero-order chi connectivity index (χ0) is 14.7. The molecule has 0 saturated heterocycles. The number of nitrogens with one attached hydrogen (secondary N) is 1. The van der Waals surface area contributed by atoms with Gasteiger partial charge in [-0.2, -0.15) is 0 Å². The number of hydrogen-bond acceptors (Lipinski definition) is 2. The van der Waals surface area contributed by atoms with Crippen molar-refractivity contribution in [2.75, 3.05) is 5.32 Å². The second-order valence-corrected chi connectivity index (χ2v) is 5.71. The minimum absolute atomic E-state index is 0.202. The van der Waals surface area contributed by atoms with Gasteiger partial charge in [-0.1, -0.05) is 31.2 Å². The summed E-state index contributed by atoms with van der Waals surface area (Å²) in [4.78, 5) is 11.6. The van der Waals surface area contributed by atoms with Gasteiger partial charge in [0.1, 0.15) is 0 Å². The summed E-state index contributed by atoms with van der Waals surface area (Å²) in [5, 5.41) is 3.59. The van der Waals surface area contributed by atoms with Gasteiger partial charge in [-0.05, 0) is 54.7 Å². The molecular weight excluding hydrogens is 258 g/mol. The Hall–Kier alpha value is -2.09. The van der Waals surface area contributed by atoms with Crippen molar-refractivity contribution < 1.29 is 4.79 Å². The lowest BCUT2D eigenvalue weighted by molar-refractivity contribution is 0.0988. The summed E-state index contributed by atoms with van der Waals surface area (Å²) >= 11 is 0. The van der Waals surface area contributed by atoms with Crippen LogP contribution in [0.3, 0.4) is 0 Å². The lowest BCUT2D eigenvalue weighted by atomic mass is 9.88. The van der Waals surface area contributed by atoms with Gasteiger partial charge in [0.25, 0.3) is 0 Å².